The van der Waals surface area contributed by atoms with Crippen molar-refractivity contribution >= 4 is 17.3 Å². The number of aromatic hydroxyl groups is 1. The van der Waals surface area contributed by atoms with E-state index in [1.165, 1.54) is 0 Å². The molecule has 5 rings (SSSR count). The number of carbonyl (C=O) groups is 2. The van der Waals surface area contributed by atoms with Gasteiger partial charge in [-0.3, -0.25) is 4.79 Å². The lowest BCUT2D eigenvalue weighted by molar-refractivity contribution is -0.141. The minimum absolute atomic E-state index is 0.0254. The molecular weight excluding hydrogens is 540 g/mol. The molecule has 2 aromatic carbocycles. The molecule has 9 heteroatoms. The monoisotopic (exact) mass is 578 g/mol. The molecule has 0 unspecified atom stereocenters. The van der Waals surface area contributed by atoms with Crippen molar-refractivity contribution in [3.63, 3.8) is 0 Å². The molecule has 0 radical (unpaired) electrons. The molecule has 224 valence electrons. The summed E-state index contributed by atoms with van der Waals surface area (Å²) in [4.78, 5) is 25.9. The van der Waals surface area contributed by atoms with Gasteiger partial charge < -0.3 is 34.3 Å². The molecule has 0 amide bonds. The first kappa shape index (κ1) is 29.7. The number of rotatable bonds is 9. The number of allylic oxidation sites excluding steroid dienone is 3. The molecule has 2 aromatic rings. The molecule has 3 atom stereocenters. The van der Waals surface area contributed by atoms with Crippen molar-refractivity contribution in [1.82, 2.24) is 0 Å². The molecular formula is C33H38O9. The van der Waals surface area contributed by atoms with Crippen LogP contribution in [0, 0.1) is 0 Å². The fraction of sp³-hybridized carbons (Fsp3) is 0.455. The van der Waals surface area contributed by atoms with E-state index in [4.69, 9.17) is 18.9 Å². The molecule has 2 aliphatic heterocycles. The van der Waals surface area contributed by atoms with Gasteiger partial charge in [-0.2, -0.15) is 0 Å². The van der Waals surface area contributed by atoms with Gasteiger partial charge in [0.1, 0.15) is 34.9 Å². The van der Waals surface area contributed by atoms with Crippen LogP contribution in [0.1, 0.15) is 75.0 Å². The van der Waals surface area contributed by atoms with Gasteiger partial charge in [0.15, 0.2) is 0 Å². The smallest absolute Gasteiger partial charge is 0.374 e. The van der Waals surface area contributed by atoms with Crippen LogP contribution >= 0.6 is 0 Å². The fourth-order valence-electron chi connectivity index (χ4n) is 6.09. The molecule has 1 fully saturated rings. The summed E-state index contributed by atoms with van der Waals surface area (Å²) < 4.78 is 23.6. The zero-order valence-corrected chi connectivity index (χ0v) is 24.3. The highest BCUT2D eigenvalue weighted by Crippen LogP contribution is 2.52. The normalized spacial score (nSPS) is 22.7. The molecule has 3 N–H and O–H groups in total. The Morgan fingerprint density at radius 1 is 1.12 bits per heavy atom. The lowest BCUT2D eigenvalue weighted by Gasteiger charge is -2.29. The molecule has 1 aliphatic carbocycles. The predicted molar refractivity (Wildman–Crippen MR) is 155 cm³/mol. The van der Waals surface area contributed by atoms with Crippen molar-refractivity contribution in [2.75, 3.05) is 20.3 Å². The van der Waals surface area contributed by atoms with Gasteiger partial charge in [-0.25, -0.2) is 4.79 Å². The Bertz CT molecular complexity index is 1420. The molecule has 9 nitrogen and oxygen atoms in total. The van der Waals surface area contributed by atoms with Crippen LogP contribution in [0.2, 0.25) is 0 Å². The SMILES string of the molecule is CCOC(=O)C1=C/C(=C2\CCC(=O)[C@H](c3ccc(O)cc3)C2)c2c(cc3c(c2OC)C[C@@H]([C@@](C)(O)CCCCO)O3)O1. The summed E-state index contributed by atoms with van der Waals surface area (Å²) in [5.74, 6) is 0.696. The lowest BCUT2D eigenvalue weighted by Crippen LogP contribution is -2.42. The Balaban J connectivity index is 1.59. The first-order valence-corrected chi connectivity index (χ1v) is 14.5. The van der Waals surface area contributed by atoms with Crippen LogP contribution in [0.25, 0.3) is 5.57 Å². The fourth-order valence-corrected chi connectivity index (χ4v) is 6.09. The molecule has 0 bridgehead atoms. The molecule has 3 aliphatic rings. The molecule has 0 saturated heterocycles. The average molecular weight is 579 g/mol. The molecule has 1 saturated carbocycles. The summed E-state index contributed by atoms with van der Waals surface area (Å²) in [5.41, 5.74) is 2.86. The maximum atomic E-state index is 13.0. The van der Waals surface area contributed by atoms with E-state index in [9.17, 15) is 24.9 Å². The number of aliphatic hydroxyl groups is 2. The van der Waals surface area contributed by atoms with Crippen LogP contribution in [0.3, 0.4) is 0 Å². The van der Waals surface area contributed by atoms with Gasteiger partial charge in [-0.1, -0.05) is 17.7 Å². The number of ketones is 1. The second-order valence-corrected chi connectivity index (χ2v) is 11.3. The van der Waals surface area contributed by atoms with Crippen molar-refractivity contribution in [2.24, 2.45) is 0 Å². The number of ether oxygens (including phenoxy) is 4. The Hall–Kier alpha value is -3.82. The number of hydrogen-bond donors (Lipinski definition) is 3. The first-order chi connectivity index (χ1) is 20.2. The first-order valence-electron chi connectivity index (χ1n) is 14.5. The highest BCUT2D eigenvalue weighted by molar-refractivity contribution is 5.98. The Kier molecular flexibility index (Phi) is 8.61. The Labute approximate surface area is 245 Å². The summed E-state index contributed by atoms with van der Waals surface area (Å²) >= 11 is 0. The van der Waals surface area contributed by atoms with E-state index in [-0.39, 0.29) is 30.5 Å². The van der Waals surface area contributed by atoms with Crippen molar-refractivity contribution in [1.29, 1.82) is 0 Å². The third-order valence-corrected chi connectivity index (χ3v) is 8.38. The number of carbonyl (C=O) groups excluding carboxylic acids is 2. The van der Waals surface area contributed by atoms with E-state index in [0.717, 1.165) is 22.3 Å². The molecule has 0 spiro atoms. The van der Waals surface area contributed by atoms with Crippen LogP contribution < -0.4 is 14.2 Å². The summed E-state index contributed by atoms with van der Waals surface area (Å²) in [5, 5.41) is 30.2. The highest BCUT2D eigenvalue weighted by Gasteiger charge is 2.42. The molecule has 2 heterocycles. The van der Waals surface area contributed by atoms with Crippen molar-refractivity contribution in [3.05, 3.63) is 64.4 Å². The second-order valence-electron chi connectivity index (χ2n) is 11.3. The van der Waals surface area contributed by atoms with Crippen LogP contribution in [0.4, 0.5) is 0 Å². The zero-order valence-electron chi connectivity index (χ0n) is 24.3. The number of unbranched alkanes of at least 4 members (excludes halogenated alkanes) is 1. The van der Waals surface area contributed by atoms with Crippen molar-refractivity contribution < 1.29 is 43.9 Å². The van der Waals surface area contributed by atoms with Gasteiger partial charge in [0, 0.05) is 37.0 Å². The second kappa shape index (κ2) is 12.2. The van der Waals surface area contributed by atoms with Gasteiger partial charge in [0.05, 0.1) is 24.9 Å². The largest absolute Gasteiger partial charge is 0.508 e. The Morgan fingerprint density at radius 3 is 2.57 bits per heavy atom. The maximum absolute atomic E-state index is 13.0. The Morgan fingerprint density at radius 2 is 1.88 bits per heavy atom. The average Bonchev–Trinajstić information content (AvgIpc) is 3.41. The molecule has 0 aromatic heterocycles. The number of esters is 1. The highest BCUT2D eigenvalue weighted by atomic mass is 16.6. The van der Waals surface area contributed by atoms with Crippen LogP contribution in [-0.2, 0) is 20.7 Å². The number of methoxy groups -OCH3 is 1. The third-order valence-electron chi connectivity index (χ3n) is 8.38. The van der Waals surface area contributed by atoms with E-state index in [1.807, 2.05) is 0 Å². The van der Waals surface area contributed by atoms with Crippen LogP contribution in [0.15, 0.2) is 47.7 Å². The van der Waals surface area contributed by atoms with E-state index in [0.29, 0.717) is 67.8 Å². The standard InChI is InChI=1S/C33H38O9/c1-4-40-32(37)28-16-23(20-9-12-25(36)22(15-20)19-7-10-21(35)11-8-19)30-27(41-28)18-26-24(31(30)39-3)17-29(42-26)33(2,38)13-5-6-14-34/h7-8,10-11,16,18,22,29,34-35,38H,4-6,9,12-15,17H2,1-3H3/b23-20-/t22-,29-,33-/m0/s1. The third kappa shape index (κ3) is 5.76. The predicted octanol–water partition coefficient (Wildman–Crippen LogP) is 4.75. The summed E-state index contributed by atoms with van der Waals surface area (Å²) in [6.07, 6.45) is 4.52. The number of hydrogen-bond acceptors (Lipinski definition) is 9. The number of phenolic OH excluding ortho intramolecular Hbond substituents is 1. The van der Waals surface area contributed by atoms with Gasteiger partial charge in [0.2, 0.25) is 5.76 Å². The lowest BCUT2D eigenvalue weighted by atomic mass is 9.77. The maximum Gasteiger partial charge on any atom is 0.374 e. The van der Waals surface area contributed by atoms with Crippen molar-refractivity contribution in [2.45, 2.75) is 76.4 Å². The van der Waals surface area contributed by atoms with E-state index < -0.39 is 23.6 Å². The molecule has 42 heavy (non-hydrogen) atoms. The van der Waals surface area contributed by atoms with E-state index in [1.54, 1.807) is 57.4 Å². The number of phenols is 1. The van der Waals surface area contributed by atoms with Crippen LogP contribution in [-0.4, -0.2) is 59.1 Å². The number of benzene rings is 2. The minimum atomic E-state index is -1.14. The van der Waals surface area contributed by atoms with Gasteiger partial charge in [-0.05, 0) is 75.3 Å². The summed E-state index contributed by atoms with van der Waals surface area (Å²) in [7, 11) is 1.57. The number of Topliss-reactive ketones (excluding diaryl/α,β-unsaturated/α-hetero) is 1. The van der Waals surface area contributed by atoms with Gasteiger partial charge in [-0.15, -0.1) is 0 Å². The summed E-state index contributed by atoms with van der Waals surface area (Å²) in [6.45, 7) is 3.70. The van der Waals surface area contributed by atoms with Gasteiger partial charge in [0.25, 0.3) is 0 Å². The van der Waals surface area contributed by atoms with E-state index in [2.05, 4.69) is 0 Å². The van der Waals surface area contributed by atoms with Crippen molar-refractivity contribution in [3.8, 4) is 23.0 Å². The number of fused-ring (bicyclic) bond motifs is 2. The van der Waals surface area contributed by atoms with E-state index >= 15 is 0 Å². The quantitative estimate of drug-likeness (QED) is 0.285. The minimum Gasteiger partial charge on any atom is -0.508 e. The van der Waals surface area contributed by atoms with Gasteiger partial charge >= 0.3 is 5.97 Å². The van der Waals surface area contributed by atoms with Crippen LogP contribution in [0.5, 0.6) is 23.0 Å². The summed E-state index contributed by atoms with van der Waals surface area (Å²) in [6, 6.07) is 8.42. The topological polar surface area (TPSA) is 132 Å². The zero-order chi connectivity index (χ0) is 30.0. The number of aliphatic hydroxyl groups excluding tert-OH is 1.